The Kier molecular flexibility index (Phi) is 5.49. The smallest absolute Gasteiger partial charge is 0.285 e. The van der Waals surface area contributed by atoms with E-state index in [-0.39, 0.29) is 18.2 Å². The molecule has 1 heterocycles. The zero-order valence-electron chi connectivity index (χ0n) is 12.1. The van der Waals surface area contributed by atoms with E-state index in [1.54, 1.807) is 18.2 Å². The van der Waals surface area contributed by atoms with Gasteiger partial charge in [-0.3, -0.25) is 4.90 Å². The average Bonchev–Trinajstić information content (AvgIpc) is 2.47. The van der Waals surface area contributed by atoms with Crippen molar-refractivity contribution in [3.8, 4) is 0 Å². The first-order valence-electron chi connectivity index (χ1n) is 7.45. The average molecular weight is 282 g/mol. The molecule has 1 aliphatic heterocycles. The summed E-state index contributed by atoms with van der Waals surface area (Å²) in [5, 5.41) is 3.12. The molecule has 4 heteroatoms. The summed E-state index contributed by atoms with van der Waals surface area (Å²) >= 11 is 0. The van der Waals surface area contributed by atoms with Crippen LogP contribution in [0.5, 0.6) is 0 Å². The molecule has 1 fully saturated rings. The number of rotatable bonds is 6. The Balaban J connectivity index is 2.02. The normalized spacial score (nSPS) is 21.1. The second-order valence-electron chi connectivity index (χ2n) is 5.58. The predicted octanol–water partition coefficient (Wildman–Crippen LogP) is 3.24. The molecule has 0 radical (unpaired) electrons. The van der Waals surface area contributed by atoms with Crippen molar-refractivity contribution in [2.75, 3.05) is 26.7 Å². The van der Waals surface area contributed by atoms with Gasteiger partial charge in [-0.2, -0.15) is 8.78 Å². The zero-order chi connectivity index (χ0) is 14.4. The molecule has 2 nitrogen and oxygen atoms in total. The fourth-order valence-corrected chi connectivity index (χ4v) is 2.93. The van der Waals surface area contributed by atoms with Gasteiger partial charge in [-0.05, 0) is 39.4 Å². The molecule has 0 spiro atoms. The molecule has 1 atom stereocenters. The second-order valence-corrected chi connectivity index (χ2v) is 5.58. The second kappa shape index (κ2) is 7.14. The molecule has 0 aliphatic carbocycles. The van der Waals surface area contributed by atoms with Crippen LogP contribution in [0.3, 0.4) is 0 Å². The first kappa shape index (κ1) is 15.4. The third-order valence-corrected chi connectivity index (χ3v) is 4.07. The predicted molar refractivity (Wildman–Crippen MR) is 78.1 cm³/mol. The lowest BCUT2D eigenvalue weighted by atomic mass is 9.97. The van der Waals surface area contributed by atoms with E-state index in [1.807, 2.05) is 11.9 Å². The van der Waals surface area contributed by atoms with Gasteiger partial charge in [0.2, 0.25) is 0 Å². The highest BCUT2D eigenvalue weighted by atomic mass is 19.3. The Morgan fingerprint density at radius 1 is 1.25 bits per heavy atom. The minimum absolute atomic E-state index is 0.123. The summed E-state index contributed by atoms with van der Waals surface area (Å²) in [6.45, 7) is 1.51. The highest BCUT2D eigenvalue weighted by molar-refractivity contribution is 5.20. The highest BCUT2D eigenvalue weighted by Gasteiger charge is 2.36. The fourth-order valence-electron chi connectivity index (χ4n) is 2.93. The number of halogens is 2. The Labute approximate surface area is 120 Å². The third kappa shape index (κ3) is 4.00. The molecule has 1 unspecified atom stereocenters. The summed E-state index contributed by atoms with van der Waals surface area (Å²) in [6, 6.07) is 8.45. The number of nitrogens with one attached hydrogen (secondary N) is 1. The van der Waals surface area contributed by atoms with E-state index in [2.05, 4.69) is 5.32 Å². The standard InChI is InChI=1S/C16H24F2N2/c1-19-11-10-15-9-5-6-12-20(15)13-16(17,18)14-7-3-2-4-8-14/h2-4,7-8,15,19H,5-6,9-13H2,1H3. The van der Waals surface area contributed by atoms with Crippen LogP contribution in [-0.4, -0.2) is 37.6 Å². The molecule has 20 heavy (non-hydrogen) atoms. The maximum Gasteiger partial charge on any atom is 0.285 e. The van der Waals surface area contributed by atoms with Crippen molar-refractivity contribution < 1.29 is 8.78 Å². The Hall–Kier alpha value is -1.00. The summed E-state index contributed by atoms with van der Waals surface area (Å²) < 4.78 is 28.8. The van der Waals surface area contributed by atoms with Crippen molar-refractivity contribution in [1.82, 2.24) is 10.2 Å². The van der Waals surface area contributed by atoms with Gasteiger partial charge in [0.1, 0.15) is 0 Å². The van der Waals surface area contributed by atoms with E-state index >= 15 is 0 Å². The van der Waals surface area contributed by atoms with E-state index in [0.29, 0.717) is 0 Å². The summed E-state index contributed by atoms with van der Waals surface area (Å²) in [6.07, 6.45) is 4.16. The summed E-state index contributed by atoms with van der Waals surface area (Å²) in [7, 11) is 1.91. The van der Waals surface area contributed by atoms with Crippen LogP contribution in [0.15, 0.2) is 30.3 Å². The van der Waals surface area contributed by atoms with E-state index < -0.39 is 5.92 Å². The van der Waals surface area contributed by atoms with Crippen molar-refractivity contribution >= 4 is 0 Å². The number of hydrogen-bond donors (Lipinski definition) is 1. The molecule has 1 N–H and O–H groups in total. The first-order valence-corrected chi connectivity index (χ1v) is 7.45. The van der Waals surface area contributed by atoms with Gasteiger partial charge >= 0.3 is 0 Å². The lowest BCUT2D eigenvalue weighted by molar-refractivity contribution is -0.0551. The molecule has 0 saturated carbocycles. The van der Waals surface area contributed by atoms with Gasteiger partial charge < -0.3 is 5.32 Å². The SMILES string of the molecule is CNCCC1CCCCN1CC(F)(F)c1ccccc1. The van der Waals surface area contributed by atoms with Crippen LogP contribution in [0.1, 0.15) is 31.2 Å². The molecule has 1 aromatic carbocycles. The molecular weight excluding hydrogens is 258 g/mol. The largest absolute Gasteiger partial charge is 0.320 e. The van der Waals surface area contributed by atoms with Crippen LogP contribution in [0, 0.1) is 0 Å². The van der Waals surface area contributed by atoms with Gasteiger partial charge in [0.25, 0.3) is 5.92 Å². The molecule has 0 bridgehead atoms. The summed E-state index contributed by atoms with van der Waals surface area (Å²) in [5.74, 6) is -2.77. The maximum atomic E-state index is 14.4. The van der Waals surface area contributed by atoms with Crippen LogP contribution >= 0.6 is 0 Å². The topological polar surface area (TPSA) is 15.3 Å². The number of benzene rings is 1. The lowest BCUT2D eigenvalue weighted by Gasteiger charge is -2.38. The zero-order valence-corrected chi connectivity index (χ0v) is 12.1. The number of likely N-dealkylation sites (tertiary alicyclic amines) is 1. The first-order chi connectivity index (χ1) is 9.63. The molecule has 1 aliphatic rings. The van der Waals surface area contributed by atoms with Gasteiger partial charge in [-0.1, -0.05) is 36.8 Å². The lowest BCUT2D eigenvalue weighted by Crippen LogP contribution is -2.46. The molecule has 1 saturated heterocycles. The number of piperidine rings is 1. The number of hydrogen-bond acceptors (Lipinski definition) is 2. The summed E-state index contributed by atoms with van der Waals surface area (Å²) in [4.78, 5) is 1.98. The quantitative estimate of drug-likeness (QED) is 0.861. The molecule has 112 valence electrons. The van der Waals surface area contributed by atoms with Crippen molar-refractivity contribution in [1.29, 1.82) is 0 Å². The van der Waals surface area contributed by atoms with Gasteiger partial charge in [0.05, 0.1) is 6.54 Å². The third-order valence-electron chi connectivity index (χ3n) is 4.07. The minimum Gasteiger partial charge on any atom is -0.320 e. The van der Waals surface area contributed by atoms with Crippen LogP contribution < -0.4 is 5.32 Å². The minimum atomic E-state index is -2.77. The fraction of sp³-hybridized carbons (Fsp3) is 0.625. The van der Waals surface area contributed by atoms with E-state index in [9.17, 15) is 8.78 Å². The Morgan fingerprint density at radius 2 is 2.00 bits per heavy atom. The monoisotopic (exact) mass is 282 g/mol. The number of alkyl halides is 2. The van der Waals surface area contributed by atoms with Crippen molar-refractivity contribution in [3.05, 3.63) is 35.9 Å². The number of nitrogens with zero attached hydrogens (tertiary/aromatic N) is 1. The Morgan fingerprint density at radius 3 is 2.70 bits per heavy atom. The van der Waals surface area contributed by atoms with Crippen molar-refractivity contribution in [2.45, 2.75) is 37.6 Å². The maximum absolute atomic E-state index is 14.4. The van der Waals surface area contributed by atoms with Crippen molar-refractivity contribution in [2.24, 2.45) is 0 Å². The van der Waals surface area contributed by atoms with E-state index in [1.165, 1.54) is 12.1 Å². The van der Waals surface area contributed by atoms with E-state index in [0.717, 1.165) is 38.8 Å². The van der Waals surface area contributed by atoms with Gasteiger partial charge in [-0.15, -0.1) is 0 Å². The Bertz CT molecular complexity index is 395. The molecule has 0 amide bonds. The van der Waals surface area contributed by atoms with Gasteiger partial charge in [0, 0.05) is 11.6 Å². The van der Waals surface area contributed by atoms with Crippen LogP contribution in [0.4, 0.5) is 8.78 Å². The highest BCUT2D eigenvalue weighted by Crippen LogP contribution is 2.31. The van der Waals surface area contributed by atoms with Crippen molar-refractivity contribution in [3.63, 3.8) is 0 Å². The molecule has 1 aromatic rings. The molecular formula is C16H24F2N2. The van der Waals surface area contributed by atoms with Gasteiger partial charge in [-0.25, -0.2) is 0 Å². The summed E-state index contributed by atoms with van der Waals surface area (Å²) in [5.41, 5.74) is 0.123. The molecule has 2 rings (SSSR count). The van der Waals surface area contributed by atoms with Crippen LogP contribution in [0.2, 0.25) is 0 Å². The molecule has 0 aromatic heterocycles. The van der Waals surface area contributed by atoms with E-state index in [4.69, 9.17) is 0 Å². The van der Waals surface area contributed by atoms with Crippen LogP contribution in [0.25, 0.3) is 0 Å². The van der Waals surface area contributed by atoms with Crippen LogP contribution in [-0.2, 0) is 5.92 Å². The van der Waals surface area contributed by atoms with Gasteiger partial charge in [0.15, 0.2) is 0 Å².